The van der Waals surface area contributed by atoms with E-state index in [-0.39, 0.29) is 11.9 Å². The standard InChI is InChI=1S/C17H19N3O2/c21-17(20-13-6-7-14(20)11-18-9-8-13)16-10-15(19-22-16)12-4-2-1-3-5-12/h1-5,10,13-14,18H,6-9,11H2. The first-order valence-corrected chi connectivity index (χ1v) is 7.88. The van der Waals surface area contributed by atoms with Gasteiger partial charge in [0.15, 0.2) is 0 Å². The fraction of sp³-hybridized carbons (Fsp3) is 0.412. The SMILES string of the molecule is O=C(c1cc(-c2ccccc2)no1)N1C2CCNCC1CC2. The predicted molar refractivity (Wildman–Crippen MR) is 82.4 cm³/mol. The number of hydrogen-bond donors (Lipinski definition) is 1. The number of aromatic nitrogens is 1. The van der Waals surface area contributed by atoms with Crippen LogP contribution in [0.1, 0.15) is 29.8 Å². The molecule has 2 bridgehead atoms. The van der Waals surface area contributed by atoms with Crippen LogP contribution < -0.4 is 5.32 Å². The van der Waals surface area contributed by atoms with Crippen LogP contribution in [0.3, 0.4) is 0 Å². The predicted octanol–water partition coefficient (Wildman–Crippen LogP) is 2.31. The molecule has 114 valence electrons. The number of benzene rings is 1. The van der Waals surface area contributed by atoms with Crippen molar-refractivity contribution in [2.75, 3.05) is 13.1 Å². The van der Waals surface area contributed by atoms with Gasteiger partial charge in [-0.1, -0.05) is 35.5 Å². The van der Waals surface area contributed by atoms with Crippen LogP contribution in [0.2, 0.25) is 0 Å². The summed E-state index contributed by atoms with van der Waals surface area (Å²) in [6.07, 6.45) is 3.18. The minimum absolute atomic E-state index is 0.0223. The van der Waals surface area contributed by atoms with E-state index in [1.165, 1.54) is 0 Å². The molecule has 1 aromatic heterocycles. The normalized spacial score (nSPS) is 24.3. The van der Waals surface area contributed by atoms with Gasteiger partial charge in [-0.3, -0.25) is 4.79 Å². The van der Waals surface area contributed by atoms with Crippen LogP contribution in [0.15, 0.2) is 40.9 Å². The van der Waals surface area contributed by atoms with Gasteiger partial charge in [-0.05, 0) is 25.8 Å². The highest BCUT2D eigenvalue weighted by atomic mass is 16.5. The molecule has 22 heavy (non-hydrogen) atoms. The Bertz CT molecular complexity index is 654. The molecule has 2 unspecified atom stereocenters. The molecule has 5 heteroatoms. The molecule has 2 aliphatic rings. The molecule has 0 spiro atoms. The summed E-state index contributed by atoms with van der Waals surface area (Å²) < 4.78 is 5.34. The van der Waals surface area contributed by atoms with Crippen LogP contribution in [-0.4, -0.2) is 41.1 Å². The number of hydrogen-bond acceptors (Lipinski definition) is 4. The molecule has 2 saturated heterocycles. The zero-order chi connectivity index (χ0) is 14.9. The second-order valence-corrected chi connectivity index (χ2v) is 6.03. The minimum Gasteiger partial charge on any atom is -0.350 e. The first-order chi connectivity index (χ1) is 10.8. The van der Waals surface area contributed by atoms with E-state index in [1.807, 2.05) is 35.2 Å². The van der Waals surface area contributed by atoms with Gasteiger partial charge in [-0.2, -0.15) is 0 Å². The quantitative estimate of drug-likeness (QED) is 0.924. The van der Waals surface area contributed by atoms with Crippen LogP contribution >= 0.6 is 0 Å². The Labute approximate surface area is 129 Å². The average molecular weight is 297 g/mol. The van der Waals surface area contributed by atoms with E-state index < -0.39 is 0 Å². The molecular formula is C17H19N3O2. The first-order valence-electron chi connectivity index (χ1n) is 7.88. The van der Waals surface area contributed by atoms with Crippen molar-refractivity contribution in [2.24, 2.45) is 0 Å². The lowest BCUT2D eigenvalue weighted by atomic mass is 10.1. The first kappa shape index (κ1) is 13.5. The fourth-order valence-corrected chi connectivity index (χ4v) is 3.56. The topological polar surface area (TPSA) is 58.4 Å². The van der Waals surface area contributed by atoms with E-state index >= 15 is 0 Å². The van der Waals surface area contributed by atoms with Crippen LogP contribution in [0.25, 0.3) is 11.3 Å². The van der Waals surface area contributed by atoms with Gasteiger partial charge in [0.25, 0.3) is 5.91 Å². The van der Waals surface area contributed by atoms with Gasteiger partial charge in [-0.15, -0.1) is 0 Å². The lowest BCUT2D eigenvalue weighted by Crippen LogP contribution is -2.42. The Morgan fingerprint density at radius 3 is 2.86 bits per heavy atom. The summed E-state index contributed by atoms with van der Waals surface area (Å²) in [5.41, 5.74) is 1.68. The third-order valence-electron chi connectivity index (χ3n) is 4.68. The molecule has 0 aliphatic carbocycles. The van der Waals surface area contributed by atoms with Crippen LogP contribution in [0.5, 0.6) is 0 Å². The zero-order valence-electron chi connectivity index (χ0n) is 12.4. The smallest absolute Gasteiger partial charge is 0.293 e. The van der Waals surface area contributed by atoms with Crippen molar-refractivity contribution in [3.63, 3.8) is 0 Å². The van der Waals surface area contributed by atoms with Gasteiger partial charge in [0.1, 0.15) is 5.69 Å². The van der Waals surface area contributed by atoms with Crippen molar-refractivity contribution >= 4 is 5.91 Å². The van der Waals surface area contributed by atoms with Crippen molar-refractivity contribution in [3.05, 3.63) is 42.2 Å². The number of nitrogens with zero attached hydrogens (tertiary/aromatic N) is 2. The fourth-order valence-electron chi connectivity index (χ4n) is 3.56. The zero-order valence-corrected chi connectivity index (χ0v) is 12.4. The van der Waals surface area contributed by atoms with E-state index in [2.05, 4.69) is 10.5 Å². The monoisotopic (exact) mass is 297 g/mol. The summed E-state index contributed by atoms with van der Waals surface area (Å²) in [5.74, 6) is 0.323. The molecule has 2 atom stereocenters. The van der Waals surface area contributed by atoms with Gasteiger partial charge in [0.05, 0.1) is 0 Å². The molecule has 1 aromatic carbocycles. The van der Waals surface area contributed by atoms with E-state index in [1.54, 1.807) is 6.07 Å². The second kappa shape index (κ2) is 5.57. The van der Waals surface area contributed by atoms with Crippen LogP contribution in [-0.2, 0) is 0 Å². The Morgan fingerprint density at radius 2 is 2.00 bits per heavy atom. The van der Waals surface area contributed by atoms with Crippen molar-refractivity contribution in [3.8, 4) is 11.3 Å². The Morgan fingerprint density at radius 1 is 1.18 bits per heavy atom. The van der Waals surface area contributed by atoms with Crippen molar-refractivity contribution in [1.29, 1.82) is 0 Å². The second-order valence-electron chi connectivity index (χ2n) is 6.03. The van der Waals surface area contributed by atoms with Crippen molar-refractivity contribution < 1.29 is 9.32 Å². The molecule has 2 aliphatic heterocycles. The molecule has 1 N–H and O–H groups in total. The van der Waals surface area contributed by atoms with Gasteiger partial charge >= 0.3 is 0 Å². The highest BCUT2D eigenvalue weighted by Crippen LogP contribution is 2.30. The van der Waals surface area contributed by atoms with E-state index in [9.17, 15) is 4.79 Å². The summed E-state index contributed by atoms with van der Waals surface area (Å²) in [4.78, 5) is 14.8. The highest BCUT2D eigenvalue weighted by molar-refractivity contribution is 5.93. The third-order valence-corrected chi connectivity index (χ3v) is 4.68. The van der Waals surface area contributed by atoms with Gasteiger partial charge in [0.2, 0.25) is 5.76 Å². The maximum absolute atomic E-state index is 12.8. The van der Waals surface area contributed by atoms with Gasteiger partial charge in [0, 0.05) is 30.3 Å². The lowest BCUT2D eigenvalue weighted by molar-refractivity contribution is 0.0637. The molecular weight excluding hydrogens is 278 g/mol. The molecule has 3 heterocycles. The van der Waals surface area contributed by atoms with Crippen molar-refractivity contribution in [1.82, 2.24) is 15.4 Å². The van der Waals surface area contributed by atoms with E-state index in [0.717, 1.165) is 37.9 Å². The number of fused-ring (bicyclic) bond motifs is 2. The maximum Gasteiger partial charge on any atom is 0.293 e. The summed E-state index contributed by atoms with van der Waals surface area (Å²) in [6.45, 7) is 1.86. The van der Waals surface area contributed by atoms with E-state index in [0.29, 0.717) is 17.5 Å². The molecule has 2 fully saturated rings. The van der Waals surface area contributed by atoms with Gasteiger partial charge in [-0.25, -0.2) is 0 Å². The number of carbonyl (C=O) groups is 1. The largest absolute Gasteiger partial charge is 0.350 e. The molecule has 4 rings (SSSR count). The average Bonchev–Trinajstić information content (AvgIpc) is 3.12. The summed E-state index contributed by atoms with van der Waals surface area (Å²) >= 11 is 0. The van der Waals surface area contributed by atoms with Crippen LogP contribution in [0, 0.1) is 0 Å². The Balaban J connectivity index is 1.60. The number of amides is 1. The Kier molecular flexibility index (Phi) is 3.42. The maximum atomic E-state index is 12.8. The molecule has 0 saturated carbocycles. The molecule has 2 aromatic rings. The lowest BCUT2D eigenvalue weighted by Gasteiger charge is -2.26. The highest BCUT2D eigenvalue weighted by Gasteiger charge is 2.39. The molecule has 5 nitrogen and oxygen atoms in total. The molecule has 1 amide bonds. The summed E-state index contributed by atoms with van der Waals surface area (Å²) in [7, 11) is 0. The van der Waals surface area contributed by atoms with E-state index in [4.69, 9.17) is 4.52 Å². The molecule has 0 radical (unpaired) electrons. The minimum atomic E-state index is -0.0223. The summed E-state index contributed by atoms with van der Waals surface area (Å²) in [6, 6.07) is 12.2. The summed E-state index contributed by atoms with van der Waals surface area (Å²) in [5, 5.41) is 7.46. The Hall–Kier alpha value is -2.14. The third kappa shape index (κ3) is 2.31. The van der Waals surface area contributed by atoms with Gasteiger partial charge < -0.3 is 14.7 Å². The number of nitrogens with one attached hydrogen (secondary N) is 1. The number of carbonyl (C=O) groups excluding carboxylic acids is 1. The number of rotatable bonds is 2. The van der Waals surface area contributed by atoms with Crippen LogP contribution in [0.4, 0.5) is 0 Å². The van der Waals surface area contributed by atoms with Crippen molar-refractivity contribution in [2.45, 2.75) is 31.3 Å².